The first kappa shape index (κ1) is 21.1. The maximum atomic E-state index is 13.5. The number of aromatic nitrogens is 4. The molecule has 0 radical (unpaired) electrons. The SMILES string of the molecule is N#Cc1ccc(Sc2ncnc3c2CCN(c2cn[nH]c(=O)c2Cl)C3)c(C(F)(F)F)c1. The van der Waals surface area contributed by atoms with Crippen molar-refractivity contribution in [1.29, 1.82) is 5.26 Å². The number of hydrogen-bond donors (Lipinski definition) is 1. The highest BCUT2D eigenvalue weighted by molar-refractivity contribution is 7.99. The van der Waals surface area contributed by atoms with E-state index in [0.717, 1.165) is 23.4 Å². The minimum atomic E-state index is -4.61. The van der Waals surface area contributed by atoms with Crippen LogP contribution in [0.15, 0.2) is 45.4 Å². The summed E-state index contributed by atoms with van der Waals surface area (Å²) in [6, 6.07) is 5.18. The summed E-state index contributed by atoms with van der Waals surface area (Å²) in [4.78, 5) is 22.0. The third kappa shape index (κ3) is 4.22. The van der Waals surface area contributed by atoms with Gasteiger partial charge in [0, 0.05) is 17.0 Å². The highest BCUT2D eigenvalue weighted by atomic mass is 35.5. The fourth-order valence-corrected chi connectivity index (χ4v) is 4.51. The standard InChI is InChI=1S/C19H12ClF3N6OS/c20-16-14(7-27-28-17(16)30)29-4-3-11-13(8-29)25-9-26-18(11)31-15-2-1-10(6-24)5-12(15)19(21,22)23/h1-2,5,7,9H,3-4,8H2,(H,28,30). The Hall–Kier alpha value is -3.10. The van der Waals surface area contributed by atoms with Crippen molar-refractivity contribution in [2.75, 3.05) is 11.4 Å². The molecule has 0 bridgehead atoms. The Morgan fingerprint density at radius 1 is 1.29 bits per heavy atom. The Labute approximate surface area is 182 Å². The van der Waals surface area contributed by atoms with Crippen LogP contribution in [-0.4, -0.2) is 26.7 Å². The Kier molecular flexibility index (Phi) is 5.60. The molecule has 0 saturated carbocycles. The van der Waals surface area contributed by atoms with Gasteiger partial charge in [-0.3, -0.25) is 4.79 Å². The van der Waals surface area contributed by atoms with Crippen LogP contribution < -0.4 is 10.5 Å². The van der Waals surface area contributed by atoms with Crippen molar-refractivity contribution < 1.29 is 13.2 Å². The van der Waals surface area contributed by atoms with E-state index in [4.69, 9.17) is 16.9 Å². The first-order chi connectivity index (χ1) is 14.8. The number of anilines is 1. The van der Waals surface area contributed by atoms with Gasteiger partial charge in [-0.05, 0) is 24.6 Å². The molecule has 1 aromatic carbocycles. The van der Waals surface area contributed by atoms with E-state index in [1.807, 2.05) is 4.90 Å². The average molecular weight is 465 g/mol. The quantitative estimate of drug-likeness (QED) is 0.588. The second-order valence-electron chi connectivity index (χ2n) is 6.60. The summed E-state index contributed by atoms with van der Waals surface area (Å²) in [5.74, 6) is 0. The summed E-state index contributed by atoms with van der Waals surface area (Å²) in [5, 5.41) is 15.4. The highest BCUT2D eigenvalue weighted by Crippen LogP contribution is 2.41. The lowest BCUT2D eigenvalue weighted by Crippen LogP contribution is -2.33. The lowest BCUT2D eigenvalue weighted by Gasteiger charge is -2.30. The van der Waals surface area contributed by atoms with Gasteiger partial charge in [-0.15, -0.1) is 0 Å². The van der Waals surface area contributed by atoms with Crippen LogP contribution >= 0.6 is 23.4 Å². The summed E-state index contributed by atoms with van der Waals surface area (Å²) in [6.45, 7) is 0.758. The summed E-state index contributed by atoms with van der Waals surface area (Å²) < 4.78 is 40.5. The van der Waals surface area contributed by atoms with Gasteiger partial charge >= 0.3 is 6.18 Å². The van der Waals surface area contributed by atoms with Crippen molar-refractivity contribution in [3.05, 3.63) is 68.5 Å². The molecule has 1 aliphatic rings. The summed E-state index contributed by atoms with van der Waals surface area (Å²) >= 11 is 6.97. The molecule has 3 aromatic rings. The molecule has 158 valence electrons. The minimum absolute atomic E-state index is 0.00880. The molecule has 0 amide bonds. The number of nitrogens with zero attached hydrogens (tertiary/aromatic N) is 5. The maximum absolute atomic E-state index is 13.5. The molecule has 0 unspecified atom stereocenters. The van der Waals surface area contributed by atoms with Gasteiger partial charge < -0.3 is 4.90 Å². The molecule has 12 heteroatoms. The van der Waals surface area contributed by atoms with Crippen molar-refractivity contribution in [3.63, 3.8) is 0 Å². The Bertz CT molecular complexity index is 1260. The number of nitriles is 1. The van der Waals surface area contributed by atoms with E-state index >= 15 is 0 Å². The molecule has 1 N–H and O–H groups in total. The van der Waals surface area contributed by atoms with Gasteiger partial charge in [0.15, 0.2) is 0 Å². The van der Waals surface area contributed by atoms with Crippen molar-refractivity contribution in [2.24, 2.45) is 0 Å². The van der Waals surface area contributed by atoms with E-state index in [-0.39, 0.29) is 15.5 Å². The number of hydrogen-bond acceptors (Lipinski definition) is 7. The number of halogens is 4. The molecule has 7 nitrogen and oxygen atoms in total. The molecule has 0 atom stereocenters. The van der Waals surface area contributed by atoms with Gasteiger partial charge in [0.1, 0.15) is 16.4 Å². The largest absolute Gasteiger partial charge is 0.417 e. The second kappa shape index (κ2) is 8.20. The smallest absolute Gasteiger partial charge is 0.363 e. The molecule has 0 fully saturated rings. The van der Waals surface area contributed by atoms with Crippen LogP contribution in [0.2, 0.25) is 5.02 Å². The Balaban J connectivity index is 1.67. The minimum Gasteiger partial charge on any atom is -0.363 e. The zero-order chi connectivity index (χ0) is 22.2. The van der Waals surface area contributed by atoms with Crippen LogP contribution in [0.1, 0.15) is 22.4 Å². The first-order valence-corrected chi connectivity index (χ1v) is 10.1. The van der Waals surface area contributed by atoms with Crippen LogP contribution in [0.25, 0.3) is 0 Å². The topological polar surface area (TPSA) is 98.6 Å². The molecule has 31 heavy (non-hydrogen) atoms. The zero-order valence-electron chi connectivity index (χ0n) is 15.6. The van der Waals surface area contributed by atoms with Crippen LogP contribution in [0.5, 0.6) is 0 Å². The molecule has 0 spiro atoms. The van der Waals surface area contributed by atoms with Gasteiger partial charge in [-0.25, -0.2) is 15.1 Å². The molecule has 4 rings (SSSR count). The lowest BCUT2D eigenvalue weighted by molar-refractivity contribution is -0.139. The van der Waals surface area contributed by atoms with Crippen molar-refractivity contribution in [2.45, 2.75) is 29.1 Å². The van der Waals surface area contributed by atoms with Crippen molar-refractivity contribution in [1.82, 2.24) is 20.2 Å². The molecule has 1 aliphatic heterocycles. The van der Waals surface area contributed by atoms with Gasteiger partial charge in [-0.1, -0.05) is 23.4 Å². The third-order valence-electron chi connectivity index (χ3n) is 4.71. The number of H-pyrrole nitrogens is 1. The van der Waals surface area contributed by atoms with Gasteiger partial charge in [0.2, 0.25) is 0 Å². The van der Waals surface area contributed by atoms with E-state index in [2.05, 4.69) is 20.2 Å². The molecule has 0 saturated heterocycles. The highest BCUT2D eigenvalue weighted by Gasteiger charge is 2.34. The number of rotatable bonds is 3. The lowest BCUT2D eigenvalue weighted by atomic mass is 10.1. The number of nitrogens with one attached hydrogen (secondary N) is 1. The predicted molar refractivity (Wildman–Crippen MR) is 107 cm³/mol. The first-order valence-electron chi connectivity index (χ1n) is 8.88. The Morgan fingerprint density at radius 3 is 2.84 bits per heavy atom. The number of fused-ring (bicyclic) bond motifs is 1. The second-order valence-corrected chi connectivity index (χ2v) is 8.01. The number of alkyl halides is 3. The van der Waals surface area contributed by atoms with Crippen molar-refractivity contribution in [3.8, 4) is 6.07 Å². The average Bonchev–Trinajstić information content (AvgIpc) is 2.75. The number of aromatic amines is 1. The van der Waals surface area contributed by atoms with Crippen LogP contribution in [0.4, 0.5) is 18.9 Å². The fraction of sp³-hybridized carbons (Fsp3) is 0.211. The van der Waals surface area contributed by atoms with Crippen LogP contribution in [0, 0.1) is 11.3 Å². The van der Waals surface area contributed by atoms with E-state index in [0.29, 0.717) is 35.9 Å². The third-order valence-corrected chi connectivity index (χ3v) is 6.19. The van der Waals surface area contributed by atoms with Crippen LogP contribution in [0.3, 0.4) is 0 Å². The van der Waals surface area contributed by atoms with Gasteiger partial charge in [-0.2, -0.15) is 23.5 Å². The monoisotopic (exact) mass is 464 g/mol. The number of benzene rings is 1. The molecular weight excluding hydrogens is 453 g/mol. The fourth-order valence-electron chi connectivity index (χ4n) is 3.23. The molecular formula is C19H12ClF3N6OS. The summed E-state index contributed by atoms with van der Waals surface area (Å²) in [7, 11) is 0. The van der Waals surface area contributed by atoms with E-state index in [9.17, 15) is 18.0 Å². The predicted octanol–water partition coefficient (Wildman–Crippen LogP) is 3.82. The van der Waals surface area contributed by atoms with E-state index in [1.165, 1.54) is 24.7 Å². The van der Waals surface area contributed by atoms with Gasteiger partial charge in [0.05, 0.1) is 41.3 Å². The van der Waals surface area contributed by atoms with Crippen LogP contribution in [-0.2, 0) is 19.1 Å². The van der Waals surface area contributed by atoms with Crippen molar-refractivity contribution >= 4 is 29.1 Å². The molecule has 0 aliphatic carbocycles. The molecule has 2 aromatic heterocycles. The normalized spacial score (nSPS) is 13.6. The zero-order valence-corrected chi connectivity index (χ0v) is 17.1. The maximum Gasteiger partial charge on any atom is 0.417 e. The van der Waals surface area contributed by atoms with E-state index < -0.39 is 17.3 Å². The summed E-state index contributed by atoms with van der Waals surface area (Å²) in [6.07, 6.45) is -1.43. The Morgan fingerprint density at radius 2 is 2.10 bits per heavy atom. The van der Waals surface area contributed by atoms with Gasteiger partial charge in [0.25, 0.3) is 5.56 Å². The molecule has 3 heterocycles. The van der Waals surface area contributed by atoms with E-state index in [1.54, 1.807) is 6.07 Å². The summed E-state index contributed by atoms with van der Waals surface area (Å²) in [5.41, 5.74) is 0.347.